The highest BCUT2D eigenvalue weighted by Gasteiger charge is 2.13. The number of hydrogen-bond donors (Lipinski definition) is 1. The third kappa shape index (κ3) is 4.01. The molecule has 3 aromatic rings. The van der Waals surface area contributed by atoms with Crippen molar-refractivity contribution in [2.24, 2.45) is 0 Å². The molecule has 0 aliphatic rings. The first-order chi connectivity index (χ1) is 13.1. The van der Waals surface area contributed by atoms with Crippen LogP contribution in [0.15, 0.2) is 42.5 Å². The summed E-state index contributed by atoms with van der Waals surface area (Å²) in [7, 11) is 3.09. The number of aromatic nitrogens is 4. The van der Waals surface area contributed by atoms with Gasteiger partial charge in [0, 0.05) is 5.56 Å². The predicted molar refractivity (Wildman–Crippen MR) is 96.1 cm³/mol. The smallest absolute Gasteiger partial charge is 0.248 e. The van der Waals surface area contributed by atoms with Crippen molar-refractivity contribution in [2.45, 2.75) is 6.54 Å². The van der Waals surface area contributed by atoms with E-state index in [1.165, 1.54) is 11.9 Å². The fourth-order valence-electron chi connectivity index (χ4n) is 2.41. The lowest BCUT2D eigenvalue weighted by atomic mass is 10.2. The lowest BCUT2D eigenvalue weighted by Gasteiger charge is -2.07. The number of carbonyl (C=O) groups excluding carboxylic acids is 1. The fourth-order valence-corrected chi connectivity index (χ4v) is 2.41. The molecule has 0 saturated heterocycles. The number of methoxy groups -OCH3 is 2. The van der Waals surface area contributed by atoms with Crippen LogP contribution in [0.2, 0.25) is 0 Å². The van der Waals surface area contributed by atoms with Gasteiger partial charge in [-0.25, -0.2) is 0 Å². The van der Waals surface area contributed by atoms with Crippen LogP contribution >= 0.6 is 0 Å². The Morgan fingerprint density at radius 3 is 2.70 bits per heavy atom. The maximum atomic E-state index is 12.2. The molecule has 9 nitrogen and oxygen atoms in total. The van der Waals surface area contributed by atoms with Gasteiger partial charge in [-0.15, -0.1) is 10.2 Å². The Labute approximate surface area is 155 Å². The van der Waals surface area contributed by atoms with Gasteiger partial charge in [-0.3, -0.25) is 4.79 Å². The molecule has 27 heavy (non-hydrogen) atoms. The molecule has 0 atom stereocenters. The number of hydrogen-bond acceptors (Lipinski definition) is 7. The summed E-state index contributed by atoms with van der Waals surface area (Å²) < 4.78 is 10.5. The van der Waals surface area contributed by atoms with E-state index in [2.05, 4.69) is 20.7 Å². The van der Waals surface area contributed by atoms with Gasteiger partial charge in [-0.2, -0.15) is 10.1 Å². The molecule has 1 N–H and O–H groups in total. The van der Waals surface area contributed by atoms with Gasteiger partial charge in [0.05, 0.1) is 25.5 Å². The number of nitriles is 1. The number of rotatable bonds is 6. The maximum Gasteiger partial charge on any atom is 0.248 e. The minimum Gasteiger partial charge on any atom is -0.493 e. The molecule has 0 saturated carbocycles. The molecular weight excluding hydrogens is 348 g/mol. The fraction of sp³-hybridized carbons (Fsp3) is 0.167. The van der Waals surface area contributed by atoms with Crippen molar-refractivity contribution < 1.29 is 14.3 Å². The summed E-state index contributed by atoms with van der Waals surface area (Å²) >= 11 is 0. The number of anilines is 1. The second-order valence-corrected chi connectivity index (χ2v) is 5.42. The minimum absolute atomic E-state index is 0.139. The van der Waals surface area contributed by atoms with Crippen LogP contribution in [0.1, 0.15) is 5.56 Å². The summed E-state index contributed by atoms with van der Waals surface area (Å²) in [5.74, 6) is 1.11. The van der Waals surface area contributed by atoms with Gasteiger partial charge >= 0.3 is 0 Å². The molecule has 1 aromatic heterocycles. The molecule has 0 aliphatic heterocycles. The number of carbonyl (C=O) groups is 1. The quantitative estimate of drug-likeness (QED) is 0.710. The van der Waals surface area contributed by atoms with Crippen LogP contribution in [-0.4, -0.2) is 40.3 Å². The first kappa shape index (κ1) is 17.9. The van der Waals surface area contributed by atoms with Crippen LogP contribution in [0.4, 0.5) is 5.69 Å². The van der Waals surface area contributed by atoms with Crippen LogP contribution in [0.3, 0.4) is 0 Å². The Bertz CT molecular complexity index is 1010. The van der Waals surface area contributed by atoms with Gasteiger partial charge in [-0.1, -0.05) is 12.1 Å². The second-order valence-electron chi connectivity index (χ2n) is 5.42. The molecule has 0 spiro atoms. The molecule has 0 bridgehead atoms. The van der Waals surface area contributed by atoms with Gasteiger partial charge < -0.3 is 14.8 Å². The van der Waals surface area contributed by atoms with Crippen LogP contribution < -0.4 is 14.8 Å². The predicted octanol–water partition coefficient (Wildman–Crippen LogP) is 1.87. The van der Waals surface area contributed by atoms with Crippen LogP contribution in [0.25, 0.3) is 11.4 Å². The first-order valence-corrected chi connectivity index (χ1v) is 7.93. The van der Waals surface area contributed by atoms with Crippen molar-refractivity contribution >= 4 is 11.6 Å². The number of benzene rings is 2. The Balaban J connectivity index is 1.73. The Morgan fingerprint density at radius 1 is 1.19 bits per heavy atom. The van der Waals surface area contributed by atoms with Crippen molar-refractivity contribution in [1.82, 2.24) is 20.2 Å². The summed E-state index contributed by atoms with van der Waals surface area (Å²) in [6.45, 7) is -0.139. The van der Waals surface area contributed by atoms with Crippen LogP contribution in [0, 0.1) is 11.3 Å². The second kappa shape index (κ2) is 7.97. The number of tetrazole rings is 1. The molecule has 0 fully saturated rings. The van der Waals surface area contributed by atoms with Crippen molar-refractivity contribution in [1.29, 1.82) is 5.26 Å². The molecule has 3 rings (SSSR count). The van der Waals surface area contributed by atoms with E-state index in [0.717, 1.165) is 0 Å². The largest absolute Gasteiger partial charge is 0.493 e. The highest BCUT2D eigenvalue weighted by molar-refractivity contribution is 5.91. The lowest BCUT2D eigenvalue weighted by molar-refractivity contribution is -0.117. The molecule has 1 amide bonds. The average molecular weight is 364 g/mol. The number of nitrogens with zero attached hydrogens (tertiary/aromatic N) is 5. The molecule has 2 aromatic carbocycles. The monoisotopic (exact) mass is 364 g/mol. The molecule has 136 valence electrons. The van der Waals surface area contributed by atoms with E-state index in [1.54, 1.807) is 49.6 Å². The summed E-state index contributed by atoms with van der Waals surface area (Å²) in [5, 5.41) is 23.8. The normalized spacial score (nSPS) is 10.1. The van der Waals surface area contributed by atoms with E-state index in [4.69, 9.17) is 14.7 Å². The highest BCUT2D eigenvalue weighted by atomic mass is 16.5. The third-order valence-electron chi connectivity index (χ3n) is 3.70. The summed E-state index contributed by atoms with van der Waals surface area (Å²) in [5.41, 5.74) is 1.49. The number of para-hydroxylation sites is 1. The Hall–Kier alpha value is -3.93. The van der Waals surface area contributed by atoms with Crippen molar-refractivity contribution in [2.75, 3.05) is 19.5 Å². The number of ether oxygens (including phenoxy) is 2. The molecular formula is C18H16N6O3. The molecule has 0 unspecified atom stereocenters. The zero-order chi connectivity index (χ0) is 19.2. The Kier molecular flexibility index (Phi) is 5.28. The third-order valence-corrected chi connectivity index (χ3v) is 3.70. The molecule has 0 aliphatic carbocycles. The van der Waals surface area contributed by atoms with Crippen molar-refractivity contribution in [3.8, 4) is 29.0 Å². The van der Waals surface area contributed by atoms with Crippen molar-refractivity contribution in [3.05, 3.63) is 48.0 Å². The van der Waals surface area contributed by atoms with Crippen molar-refractivity contribution in [3.63, 3.8) is 0 Å². The topological polar surface area (TPSA) is 115 Å². The average Bonchev–Trinajstić information content (AvgIpc) is 3.16. The van der Waals surface area contributed by atoms with E-state index in [-0.39, 0.29) is 12.5 Å². The van der Waals surface area contributed by atoms with Gasteiger partial charge in [0.15, 0.2) is 11.5 Å². The minimum atomic E-state index is -0.367. The number of nitrogens with one attached hydrogen (secondary N) is 1. The first-order valence-electron chi connectivity index (χ1n) is 7.93. The molecule has 9 heteroatoms. The number of amides is 1. The zero-order valence-corrected chi connectivity index (χ0v) is 14.7. The van der Waals surface area contributed by atoms with Crippen LogP contribution in [-0.2, 0) is 11.3 Å². The summed E-state index contributed by atoms with van der Waals surface area (Å²) in [4.78, 5) is 13.4. The summed E-state index contributed by atoms with van der Waals surface area (Å²) in [6.07, 6.45) is 0. The summed E-state index contributed by atoms with van der Waals surface area (Å²) in [6, 6.07) is 14.0. The van der Waals surface area contributed by atoms with E-state index in [0.29, 0.717) is 34.1 Å². The SMILES string of the molecule is COc1ccc(-c2nnn(CC(=O)Nc3ccccc3C#N)n2)cc1OC. The van der Waals surface area contributed by atoms with E-state index < -0.39 is 0 Å². The lowest BCUT2D eigenvalue weighted by Crippen LogP contribution is -2.21. The van der Waals surface area contributed by atoms with Gasteiger partial charge in [-0.05, 0) is 35.5 Å². The maximum absolute atomic E-state index is 12.2. The van der Waals surface area contributed by atoms with Gasteiger partial charge in [0.2, 0.25) is 11.7 Å². The Morgan fingerprint density at radius 2 is 1.96 bits per heavy atom. The molecule has 1 heterocycles. The standard InChI is InChI=1S/C18H16N6O3/c1-26-15-8-7-12(9-16(15)27-2)18-21-23-24(22-18)11-17(25)20-14-6-4-3-5-13(14)10-19/h3-9H,11H2,1-2H3,(H,20,25). The highest BCUT2D eigenvalue weighted by Crippen LogP contribution is 2.30. The van der Waals surface area contributed by atoms with E-state index >= 15 is 0 Å². The molecule has 0 radical (unpaired) electrons. The van der Waals surface area contributed by atoms with E-state index in [1.807, 2.05) is 6.07 Å². The van der Waals surface area contributed by atoms with Crippen LogP contribution in [0.5, 0.6) is 11.5 Å². The van der Waals surface area contributed by atoms with E-state index in [9.17, 15) is 4.79 Å². The van der Waals surface area contributed by atoms with Gasteiger partial charge in [0.1, 0.15) is 12.6 Å². The zero-order valence-electron chi connectivity index (χ0n) is 14.7. The van der Waals surface area contributed by atoms with Gasteiger partial charge in [0.25, 0.3) is 0 Å².